The zero-order valence-electron chi connectivity index (χ0n) is 11.7. The molecule has 3 heteroatoms. The second-order valence-electron chi connectivity index (χ2n) is 5.44. The number of thiophene rings is 1. The summed E-state index contributed by atoms with van der Waals surface area (Å²) in [6.45, 7) is 8.44. The van der Waals surface area contributed by atoms with E-state index in [-0.39, 0.29) is 5.54 Å². The molecule has 0 spiro atoms. The van der Waals surface area contributed by atoms with Gasteiger partial charge in [0, 0.05) is 0 Å². The van der Waals surface area contributed by atoms with Crippen molar-refractivity contribution in [3.63, 3.8) is 0 Å². The van der Waals surface area contributed by atoms with Crippen molar-refractivity contribution >= 4 is 17.1 Å². The van der Waals surface area contributed by atoms with Gasteiger partial charge in [0.1, 0.15) is 0 Å². The van der Waals surface area contributed by atoms with E-state index in [0.29, 0.717) is 5.78 Å². The van der Waals surface area contributed by atoms with Gasteiger partial charge in [-0.1, -0.05) is 13.3 Å². The molecule has 1 aromatic heterocycles. The van der Waals surface area contributed by atoms with E-state index < -0.39 is 0 Å². The Morgan fingerprint density at radius 1 is 1.39 bits per heavy atom. The summed E-state index contributed by atoms with van der Waals surface area (Å²) >= 11 is 1.59. The average molecular weight is 265 g/mol. The zero-order valence-corrected chi connectivity index (χ0v) is 12.5. The lowest BCUT2D eigenvalue weighted by molar-refractivity contribution is 0.0509. The van der Waals surface area contributed by atoms with E-state index in [4.69, 9.17) is 0 Å². The first-order valence-corrected chi connectivity index (χ1v) is 7.81. The Hall–Kier alpha value is -0.670. The van der Waals surface area contributed by atoms with Gasteiger partial charge in [0.15, 0.2) is 5.78 Å². The van der Waals surface area contributed by atoms with Crippen LogP contribution in [0, 0.1) is 6.92 Å². The third-order valence-corrected chi connectivity index (χ3v) is 5.32. The Morgan fingerprint density at radius 3 is 2.56 bits per heavy atom. The van der Waals surface area contributed by atoms with E-state index >= 15 is 0 Å². The minimum atomic E-state index is -0.309. The molecule has 0 saturated carbocycles. The van der Waals surface area contributed by atoms with Crippen LogP contribution in [-0.2, 0) is 0 Å². The molecular formula is C15H23NOS. The molecule has 0 aromatic carbocycles. The van der Waals surface area contributed by atoms with E-state index in [1.807, 2.05) is 18.4 Å². The van der Waals surface area contributed by atoms with E-state index in [1.54, 1.807) is 11.3 Å². The summed E-state index contributed by atoms with van der Waals surface area (Å²) in [6.07, 6.45) is 4.66. The summed E-state index contributed by atoms with van der Waals surface area (Å²) in [7, 11) is 0. The lowest BCUT2D eigenvalue weighted by atomic mass is 9.87. The fourth-order valence-corrected chi connectivity index (χ4v) is 3.75. The van der Waals surface area contributed by atoms with Crippen LogP contribution in [0.1, 0.15) is 54.8 Å². The van der Waals surface area contributed by atoms with Gasteiger partial charge in [-0.15, -0.1) is 11.3 Å². The van der Waals surface area contributed by atoms with Gasteiger partial charge in [-0.05, 0) is 63.2 Å². The van der Waals surface area contributed by atoms with Gasteiger partial charge in [-0.3, -0.25) is 9.69 Å². The number of nitrogens with zero attached hydrogens (tertiary/aromatic N) is 1. The summed E-state index contributed by atoms with van der Waals surface area (Å²) in [4.78, 5) is 16.2. The van der Waals surface area contributed by atoms with Crippen LogP contribution >= 0.6 is 11.3 Å². The van der Waals surface area contributed by atoms with Crippen LogP contribution in [0.2, 0.25) is 0 Å². The predicted octanol–water partition coefficient (Wildman–Crippen LogP) is 3.89. The van der Waals surface area contributed by atoms with Crippen LogP contribution in [0.5, 0.6) is 0 Å². The van der Waals surface area contributed by atoms with Gasteiger partial charge in [-0.25, -0.2) is 0 Å². The SMILES string of the molecule is CCC(C)(C(=O)c1sccc1C)N1CCCCC1. The third kappa shape index (κ3) is 2.39. The second-order valence-corrected chi connectivity index (χ2v) is 6.35. The van der Waals surface area contributed by atoms with Crippen molar-refractivity contribution in [2.75, 3.05) is 13.1 Å². The normalized spacial score (nSPS) is 20.6. The molecule has 0 radical (unpaired) electrons. The minimum Gasteiger partial charge on any atom is -0.291 e. The number of carbonyl (C=O) groups is 1. The first-order chi connectivity index (χ1) is 8.59. The molecule has 1 fully saturated rings. The predicted molar refractivity (Wildman–Crippen MR) is 77.5 cm³/mol. The Morgan fingerprint density at radius 2 is 2.06 bits per heavy atom. The molecule has 1 atom stereocenters. The van der Waals surface area contributed by atoms with Crippen LogP contribution in [0.15, 0.2) is 11.4 Å². The number of piperidine rings is 1. The van der Waals surface area contributed by atoms with Crippen molar-refractivity contribution in [2.45, 2.75) is 52.0 Å². The minimum absolute atomic E-state index is 0.309. The van der Waals surface area contributed by atoms with Crippen LogP contribution in [0.4, 0.5) is 0 Å². The van der Waals surface area contributed by atoms with E-state index in [1.165, 1.54) is 19.3 Å². The molecule has 0 amide bonds. The highest BCUT2D eigenvalue weighted by Gasteiger charge is 2.39. The standard InChI is InChI=1S/C15H23NOS/c1-4-15(3,16-9-6-5-7-10-16)14(17)13-12(2)8-11-18-13/h8,11H,4-7,9-10H2,1-3H3. The number of aryl methyl sites for hydroxylation is 1. The lowest BCUT2D eigenvalue weighted by Crippen LogP contribution is -2.53. The van der Waals surface area contributed by atoms with Crippen LogP contribution in [0.25, 0.3) is 0 Å². The smallest absolute Gasteiger partial charge is 0.192 e. The molecule has 0 bridgehead atoms. The van der Waals surface area contributed by atoms with Crippen molar-refractivity contribution in [2.24, 2.45) is 0 Å². The van der Waals surface area contributed by atoms with Crippen molar-refractivity contribution in [3.05, 3.63) is 21.9 Å². The molecule has 1 aliphatic heterocycles. The summed E-state index contributed by atoms with van der Waals surface area (Å²) < 4.78 is 0. The molecular weight excluding hydrogens is 242 g/mol. The Kier molecular flexibility index (Phi) is 4.23. The molecule has 2 rings (SSSR count). The summed E-state index contributed by atoms with van der Waals surface area (Å²) in [5.74, 6) is 0.319. The molecule has 100 valence electrons. The molecule has 2 nitrogen and oxygen atoms in total. The number of carbonyl (C=O) groups excluding carboxylic acids is 1. The molecule has 0 aliphatic carbocycles. The fourth-order valence-electron chi connectivity index (χ4n) is 2.77. The fraction of sp³-hybridized carbons (Fsp3) is 0.667. The van der Waals surface area contributed by atoms with Crippen LogP contribution in [-0.4, -0.2) is 29.3 Å². The van der Waals surface area contributed by atoms with E-state index in [2.05, 4.69) is 18.7 Å². The van der Waals surface area contributed by atoms with E-state index in [0.717, 1.165) is 30.0 Å². The largest absolute Gasteiger partial charge is 0.291 e. The van der Waals surface area contributed by atoms with Gasteiger partial charge >= 0.3 is 0 Å². The van der Waals surface area contributed by atoms with Gasteiger partial charge in [0.2, 0.25) is 0 Å². The van der Waals surface area contributed by atoms with Gasteiger partial charge in [-0.2, -0.15) is 0 Å². The zero-order chi connectivity index (χ0) is 13.2. The quantitative estimate of drug-likeness (QED) is 0.770. The number of ketones is 1. The summed E-state index contributed by atoms with van der Waals surface area (Å²) in [6, 6.07) is 2.05. The van der Waals surface area contributed by atoms with Crippen molar-refractivity contribution in [3.8, 4) is 0 Å². The van der Waals surface area contributed by atoms with Gasteiger partial charge in [0.05, 0.1) is 10.4 Å². The molecule has 0 N–H and O–H groups in total. The van der Waals surface area contributed by atoms with Crippen molar-refractivity contribution < 1.29 is 4.79 Å². The number of likely N-dealkylation sites (tertiary alicyclic amines) is 1. The van der Waals surface area contributed by atoms with E-state index in [9.17, 15) is 4.79 Å². The van der Waals surface area contributed by atoms with Crippen molar-refractivity contribution in [1.29, 1.82) is 0 Å². The highest BCUT2D eigenvalue weighted by atomic mass is 32.1. The Labute approximate surface area is 114 Å². The van der Waals surface area contributed by atoms with Crippen LogP contribution < -0.4 is 0 Å². The highest BCUT2D eigenvalue weighted by Crippen LogP contribution is 2.30. The molecule has 1 aromatic rings. The number of rotatable bonds is 4. The van der Waals surface area contributed by atoms with Gasteiger partial charge in [0.25, 0.3) is 0 Å². The maximum atomic E-state index is 12.8. The molecule has 2 heterocycles. The summed E-state index contributed by atoms with van der Waals surface area (Å²) in [5, 5.41) is 2.02. The van der Waals surface area contributed by atoms with Crippen molar-refractivity contribution in [1.82, 2.24) is 4.90 Å². The topological polar surface area (TPSA) is 20.3 Å². The first kappa shape index (κ1) is 13.8. The highest BCUT2D eigenvalue weighted by molar-refractivity contribution is 7.12. The maximum Gasteiger partial charge on any atom is 0.192 e. The summed E-state index contributed by atoms with van der Waals surface area (Å²) in [5.41, 5.74) is 0.817. The molecule has 1 unspecified atom stereocenters. The first-order valence-electron chi connectivity index (χ1n) is 6.93. The number of Topliss-reactive ketones (excluding diaryl/α,β-unsaturated/α-hetero) is 1. The van der Waals surface area contributed by atoms with Gasteiger partial charge < -0.3 is 0 Å². The average Bonchev–Trinajstić information content (AvgIpc) is 2.84. The number of hydrogen-bond donors (Lipinski definition) is 0. The molecule has 1 saturated heterocycles. The lowest BCUT2D eigenvalue weighted by Gasteiger charge is -2.41. The monoisotopic (exact) mass is 265 g/mol. The molecule has 1 aliphatic rings. The Bertz CT molecular complexity index is 420. The maximum absolute atomic E-state index is 12.8. The van der Waals surface area contributed by atoms with Crippen LogP contribution in [0.3, 0.4) is 0 Å². The molecule has 18 heavy (non-hydrogen) atoms. The Balaban J connectivity index is 2.26. The second kappa shape index (κ2) is 5.54. The third-order valence-electron chi connectivity index (χ3n) is 4.30. The number of hydrogen-bond acceptors (Lipinski definition) is 3.